The molecular formula is C19H18F3N4O3+. The number of halogens is 3. The highest BCUT2D eigenvalue weighted by Gasteiger charge is 2.30. The van der Waals surface area contributed by atoms with E-state index < -0.39 is 23.8 Å². The average molecular weight is 407 g/mol. The standard InChI is InChI=1S/C19H17F3N4O3/c20-19(21,22)14-7-4-8-15(10-14)23-18(28)24-17-11-26(25-29-17)16(12-27)9-13-5-2-1-3-6-13/h1-8,10-11,16,27H,9,12H2,(H-,23,24,25,28)/p+1/t16-/m1/s1. The van der Waals surface area contributed by atoms with Crippen LogP contribution in [0.15, 0.2) is 65.3 Å². The second-order valence-corrected chi connectivity index (χ2v) is 6.23. The van der Waals surface area contributed by atoms with Crippen LogP contribution in [0.25, 0.3) is 0 Å². The van der Waals surface area contributed by atoms with Crippen molar-refractivity contribution in [2.24, 2.45) is 0 Å². The summed E-state index contributed by atoms with van der Waals surface area (Å²) in [4.78, 5) is 12.0. The zero-order valence-electron chi connectivity index (χ0n) is 15.1. The fourth-order valence-electron chi connectivity index (χ4n) is 2.66. The summed E-state index contributed by atoms with van der Waals surface area (Å²) in [5.41, 5.74) is 0.0837. The van der Waals surface area contributed by atoms with Crippen molar-refractivity contribution < 1.29 is 32.3 Å². The molecule has 2 aromatic carbocycles. The van der Waals surface area contributed by atoms with E-state index in [1.807, 2.05) is 30.3 Å². The predicted molar refractivity (Wildman–Crippen MR) is 97.1 cm³/mol. The number of hydrogen-bond acceptors (Lipinski definition) is 4. The average Bonchev–Trinajstić information content (AvgIpc) is 3.14. The fourth-order valence-corrected chi connectivity index (χ4v) is 2.66. The minimum absolute atomic E-state index is 0.0259. The zero-order valence-corrected chi connectivity index (χ0v) is 15.1. The quantitative estimate of drug-likeness (QED) is 0.546. The van der Waals surface area contributed by atoms with E-state index in [4.69, 9.17) is 4.52 Å². The highest BCUT2D eigenvalue weighted by Crippen LogP contribution is 2.30. The Labute approximate surface area is 163 Å². The molecule has 0 bridgehead atoms. The number of urea groups is 1. The lowest BCUT2D eigenvalue weighted by Gasteiger charge is -2.09. The van der Waals surface area contributed by atoms with E-state index >= 15 is 0 Å². The molecule has 0 aliphatic heterocycles. The number of aliphatic hydroxyl groups is 1. The first-order valence-corrected chi connectivity index (χ1v) is 8.63. The van der Waals surface area contributed by atoms with Crippen LogP contribution in [0.5, 0.6) is 0 Å². The van der Waals surface area contributed by atoms with E-state index in [9.17, 15) is 23.1 Å². The number of hydrogen-bond donors (Lipinski definition) is 3. The van der Waals surface area contributed by atoms with Gasteiger partial charge in [-0.25, -0.2) is 4.79 Å². The van der Waals surface area contributed by atoms with Crippen molar-refractivity contribution in [2.75, 3.05) is 17.2 Å². The van der Waals surface area contributed by atoms with Crippen LogP contribution in [0.2, 0.25) is 0 Å². The molecule has 0 aliphatic rings. The van der Waals surface area contributed by atoms with Gasteiger partial charge in [0.15, 0.2) is 0 Å². The molecule has 3 rings (SSSR count). The number of rotatable bonds is 6. The number of nitrogens with one attached hydrogen (secondary N) is 2. The van der Waals surface area contributed by atoms with Gasteiger partial charge in [-0.3, -0.25) is 9.84 Å². The summed E-state index contributed by atoms with van der Waals surface area (Å²) < 4.78 is 44.6. The van der Waals surface area contributed by atoms with Crippen molar-refractivity contribution in [3.05, 3.63) is 71.9 Å². The van der Waals surface area contributed by atoms with E-state index in [-0.39, 0.29) is 18.2 Å². The maximum atomic E-state index is 12.7. The largest absolute Gasteiger partial charge is 0.416 e. The Bertz CT molecular complexity index is 961. The van der Waals surface area contributed by atoms with E-state index in [0.717, 1.165) is 17.7 Å². The van der Waals surface area contributed by atoms with Gasteiger partial charge in [0.1, 0.15) is 6.61 Å². The van der Waals surface area contributed by atoms with Crippen molar-refractivity contribution in [3.63, 3.8) is 0 Å². The lowest BCUT2D eigenvalue weighted by Crippen LogP contribution is -2.43. The molecule has 0 spiro atoms. The third-order valence-electron chi connectivity index (χ3n) is 4.07. The number of benzene rings is 2. The monoisotopic (exact) mass is 407 g/mol. The lowest BCUT2D eigenvalue weighted by molar-refractivity contribution is -0.786. The molecule has 1 aromatic heterocycles. The van der Waals surface area contributed by atoms with E-state index in [1.54, 1.807) is 0 Å². The second-order valence-electron chi connectivity index (χ2n) is 6.23. The smallest absolute Gasteiger partial charge is 0.389 e. The van der Waals surface area contributed by atoms with Crippen molar-refractivity contribution in [1.29, 1.82) is 0 Å². The van der Waals surface area contributed by atoms with E-state index in [1.165, 1.54) is 23.0 Å². The number of amides is 2. The number of nitrogens with zero attached hydrogens (tertiary/aromatic N) is 2. The topological polar surface area (TPSA) is 91.3 Å². The number of carbonyl (C=O) groups excluding carboxylic acids is 1. The number of aromatic nitrogens is 2. The highest BCUT2D eigenvalue weighted by molar-refractivity contribution is 5.98. The van der Waals surface area contributed by atoms with Gasteiger partial charge in [-0.05, 0) is 28.4 Å². The van der Waals surface area contributed by atoms with Crippen LogP contribution in [0, 0.1) is 0 Å². The molecule has 1 atom stereocenters. The summed E-state index contributed by atoms with van der Waals surface area (Å²) >= 11 is 0. The number of carbonyl (C=O) groups is 1. The fraction of sp³-hybridized carbons (Fsp3) is 0.211. The first-order valence-electron chi connectivity index (χ1n) is 8.63. The van der Waals surface area contributed by atoms with Crippen LogP contribution >= 0.6 is 0 Å². The SMILES string of the molecule is O=C(Nc1cccc(C(F)(F)F)c1)Nc1c[n+]([C@@H](CO)Cc2ccccc2)no1. The maximum Gasteiger partial charge on any atom is 0.416 e. The molecule has 3 aromatic rings. The Morgan fingerprint density at radius 2 is 1.90 bits per heavy atom. The Balaban J connectivity index is 1.63. The van der Waals surface area contributed by atoms with Gasteiger partial charge < -0.3 is 10.4 Å². The third-order valence-corrected chi connectivity index (χ3v) is 4.07. The van der Waals surface area contributed by atoms with Gasteiger partial charge in [0.2, 0.25) is 11.3 Å². The summed E-state index contributed by atoms with van der Waals surface area (Å²) in [6.45, 7) is -0.206. The molecule has 2 amide bonds. The van der Waals surface area contributed by atoms with Gasteiger partial charge in [0.25, 0.3) is 6.20 Å². The molecule has 0 unspecified atom stereocenters. The number of alkyl halides is 3. The summed E-state index contributed by atoms with van der Waals surface area (Å²) in [6.07, 6.45) is -2.64. The molecule has 0 saturated heterocycles. The molecule has 7 nitrogen and oxygen atoms in total. The van der Waals surface area contributed by atoms with Crippen LogP contribution in [0.3, 0.4) is 0 Å². The van der Waals surface area contributed by atoms with E-state index in [0.29, 0.717) is 6.42 Å². The maximum absolute atomic E-state index is 12.7. The molecule has 1 heterocycles. The van der Waals surface area contributed by atoms with Crippen LogP contribution in [-0.2, 0) is 12.6 Å². The van der Waals surface area contributed by atoms with Crippen molar-refractivity contribution in [1.82, 2.24) is 5.27 Å². The molecular weight excluding hydrogens is 389 g/mol. The lowest BCUT2D eigenvalue weighted by atomic mass is 10.1. The van der Waals surface area contributed by atoms with Crippen LogP contribution in [-0.4, -0.2) is 23.0 Å². The normalized spacial score (nSPS) is 12.4. The molecule has 0 radical (unpaired) electrons. The molecule has 29 heavy (non-hydrogen) atoms. The summed E-state index contributed by atoms with van der Waals surface area (Å²) in [7, 11) is 0. The van der Waals surface area contributed by atoms with Crippen LogP contribution in [0.4, 0.5) is 29.5 Å². The molecule has 10 heteroatoms. The highest BCUT2D eigenvalue weighted by atomic mass is 19.4. The number of anilines is 2. The molecule has 152 valence electrons. The first kappa shape index (κ1) is 20.3. The van der Waals surface area contributed by atoms with E-state index in [2.05, 4.69) is 15.9 Å². The van der Waals surface area contributed by atoms with Gasteiger partial charge >= 0.3 is 18.1 Å². The summed E-state index contributed by atoms with van der Waals surface area (Å²) in [6, 6.07) is 12.5. The van der Waals surface area contributed by atoms with Gasteiger partial charge in [0, 0.05) is 12.1 Å². The van der Waals surface area contributed by atoms with Crippen LogP contribution in [0.1, 0.15) is 17.2 Å². The molecule has 0 fully saturated rings. The Hall–Kier alpha value is -3.40. The summed E-state index contributed by atoms with van der Waals surface area (Å²) in [5, 5.41) is 18.1. The van der Waals surface area contributed by atoms with Gasteiger partial charge in [-0.1, -0.05) is 36.4 Å². The van der Waals surface area contributed by atoms with Crippen LogP contribution < -0.4 is 15.3 Å². The van der Waals surface area contributed by atoms with Gasteiger partial charge in [-0.15, -0.1) is 0 Å². The molecule has 3 N–H and O–H groups in total. The Morgan fingerprint density at radius 1 is 1.14 bits per heavy atom. The molecule has 0 aliphatic carbocycles. The predicted octanol–water partition coefficient (Wildman–Crippen LogP) is 3.40. The Kier molecular flexibility index (Phi) is 6.13. The molecule has 0 saturated carbocycles. The minimum Gasteiger partial charge on any atom is -0.389 e. The van der Waals surface area contributed by atoms with Gasteiger partial charge in [-0.2, -0.15) is 13.2 Å². The third kappa shape index (κ3) is 5.55. The Morgan fingerprint density at radius 3 is 2.59 bits per heavy atom. The van der Waals surface area contributed by atoms with Crippen molar-refractivity contribution in [2.45, 2.75) is 18.6 Å². The zero-order chi connectivity index (χ0) is 20.9. The second kappa shape index (κ2) is 8.74. The summed E-state index contributed by atoms with van der Waals surface area (Å²) in [5.74, 6) is -0.0269. The minimum atomic E-state index is -4.51. The first-order chi connectivity index (χ1) is 13.8. The number of aliphatic hydroxyl groups excluding tert-OH is 1. The van der Waals surface area contributed by atoms with Crippen molar-refractivity contribution in [3.8, 4) is 0 Å². The van der Waals surface area contributed by atoms with Crippen molar-refractivity contribution >= 4 is 17.6 Å². The van der Waals surface area contributed by atoms with Gasteiger partial charge in [0.05, 0.1) is 5.56 Å².